The quantitative estimate of drug-likeness (QED) is 0.353. The zero-order chi connectivity index (χ0) is 32.0. The Morgan fingerprint density at radius 2 is 1.73 bits per heavy atom. The highest BCUT2D eigenvalue weighted by atomic mass is 16.5. The van der Waals surface area contributed by atoms with Gasteiger partial charge in [-0.1, -0.05) is 26.3 Å². The summed E-state index contributed by atoms with van der Waals surface area (Å²) >= 11 is 0. The van der Waals surface area contributed by atoms with Crippen LogP contribution in [0.4, 0.5) is 5.69 Å². The van der Waals surface area contributed by atoms with Gasteiger partial charge in [0.1, 0.15) is 6.04 Å². The summed E-state index contributed by atoms with van der Waals surface area (Å²) in [6.45, 7) is 6.67. The van der Waals surface area contributed by atoms with Crippen LogP contribution in [0.2, 0.25) is 0 Å². The maximum atomic E-state index is 13.8. The average Bonchev–Trinajstić information content (AvgIpc) is 3.46. The Hall–Kier alpha value is -4.28. The molecule has 2 aromatic carbocycles. The first-order valence-corrected chi connectivity index (χ1v) is 15.2. The summed E-state index contributed by atoms with van der Waals surface area (Å²) in [5, 5.41) is 8.97. The molecule has 1 fully saturated rings. The Morgan fingerprint density at radius 1 is 1.02 bits per heavy atom. The molecule has 0 saturated carbocycles. The minimum Gasteiger partial charge on any atom is -0.493 e. The molecule has 3 N–H and O–H groups in total. The number of hydrogen-bond acceptors (Lipinski definition) is 8. The van der Waals surface area contributed by atoms with E-state index in [0.29, 0.717) is 60.7 Å². The van der Waals surface area contributed by atoms with Gasteiger partial charge in [-0.15, -0.1) is 0 Å². The van der Waals surface area contributed by atoms with Gasteiger partial charge in [0.2, 0.25) is 28.9 Å². The number of aryl methyl sites for hydroxylation is 1. The van der Waals surface area contributed by atoms with Gasteiger partial charge in [0.25, 0.3) is 0 Å². The van der Waals surface area contributed by atoms with Crippen molar-refractivity contribution in [3.8, 4) is 28.4 Å². The third-order valence-corrected chi connectivity index (χ3v) is 8.60. The number of amides is 3. The second-order valence-electron chi connectivity index (χ2n) is 11.4. The van der Waals surface area contributed by atoms with Gasteiger partial charge in [0.05, 0.1) is 39.6 Å². The topological polar surface area (TPSA) is 135 Å². The molecule has 0 spiro atoms. The Morgan fingerprint density at radius 3 is 2.34 bits per heavy atom. The van der Waals surface area contributed by atoms with Gasteiger partial charge in [0, 0.05) is 25.6 Å². The van der Waals surface area contributed by atoms with Gasteiger partial charge in [-0.2, -0.15) is 0 Å². The van der Waals surface area contributed by atoms with E-state index in [1.165, 1.54) is 20.1 Å². The number of rotatable bonds is 11. The van der Waals surface area contributed by atoms with E-state index in [-0.39, 0.29) is 41.3 Å². The van der Waals surface area contributed by atoms with Crippen LogP contribution in [-0.4, -0.2) is 69.6 Å². The molecule has 0 bridgehead atoms. The molecule has 238 valence electrons. The van der Waals surface area contributed by atoms with Crippen LogP contribution in [0.5, 0.6) is 17.2 Å². The molecule has 2 aromatic rings. The van der Waals surface area contributed by atoms with E-state index in [0.717, 1.165) is 24.0 Å². The molecule has 1 aliphatic carbocycles. The number of ether oxygens (including phenoxy) is 3. The molecule has 0 radical (unpaired) electrons. The summed E-state index contributed by atoms with van der Waals surface area (Å²) in [5.74, 6) is 0.579. The third kappa shape index (κ3) is 6.92. The van der Waals surface area contributed by atoms with Crippen LogP contribution in [0.15, 0.2) is 29.1 Å². The van der Waals surface area contributed by atoms with Crippen LogP contribution in [0.3, 0.4) is 0 Å². The van der Waals surface area contributed by atoms with Gasteiger partial charge in [-0.25, -0.2) is 0 Å². The van der Waals surface area contributed by atoms with Gasteiger partial charge < -0.3 is 35.1 Å². The fourth-order valence-corrected chi connectivity index (χ4v) is 6.05. The molecule has 4 rings (SSSR count). The number of hydrogen-bond donors (Lipinski definition) is 3. The molecule has 1 heterocycles. The van der Waals surface area contributed by atoms with Crippen LogP contribution >= 0.6 is 0 Å². The summed E-state index contributed by atoms with van der Waals surface area (Å²) in [6, 6.07) is 5.69. The van der Waals surface area contributed by atoms with Crippen molar-refractivity contribution in [2.45, 2.75) is 65.0 Å². The number of nitrogens with one attached hydrogen (secondary N) is 3. The zero-order valence-electron chi connectivity index (χ0n) is 26.5. The lowest BCUT2D eigenvalue weighted by atomic mass is 9.95. The number of methoxy groups -OCH3 is 3. The highest BCUT2D eigenvalue weighted by molar-refractivity contribution is 5.89. The van der Waals surface area contributed by atoms with Crippen molar-refractivity contribution in [3.63, 3.8) is 0 Å². The lowest BCUT2D eigenvalue weighted by Gasteiger charge is -2.24. The Kier molecular flexibility index (Phi) is 10.7. The third-order valence-electron chi connectivity index (χ3n) is 8.60. The first-order chi connectivity index (χ1) is 21.1. The van der Waals surface area contributed by atoms with Crippen LogP contribution in [0, 0.1) is 5.92 Å². The molecule has 2 aliphatic rings. The van der Waals surface area contributed by atoms with Gasteiger partial charge in [-0.05, 0) is 66.5 Å². The predicted molar refractivity (Wildman–Crippen MR) is 168 cm³/mol. The van der Waals surface area contributed by atoms with Gasteiger partial charge >= 0.3 is 0 Å². The summed E-state index contributed by atoms with van der Waals surface area (Å²) in [7, 11) is 4.64. The molecular weight excluding hydrogens is 564 g/mol. The van der Waals surface area contributed by atoms with Crippen LogP contribution in [-0.2, 0) is 20.8 Å². The number of likely N-dealkylation sites (tertiary alicyclic amines) is 1. The molecule has 3 atom stereocenters. The highest BCUT2D eigenvalue weighted by Gasteiger charge is 2.31. The van der Waals surface area contributed by atoms with Crippen molar-refractivity contribution < 1.29 is 28.6 Å². The number of carbonyl (C=O) groups excluding carboxylic acids is 3. The van der Waals surface area contributed by atoms with E-state index >= 15 is 0 Å². The maximum absolute atomic E-state index is 13.8. The van der Waals surface area contributed by atoms with E-state index in [1.807, 2.05) is 26.0 Å². The van der Waals surface area contributed by atoms with Gasteiger partial charge in [-0.3, -0.25) is 19.2 Å². The van der Waals surface area contributed by atoms with Crippen molar-refractivity contribution in [1.29, 1.82) is 0 Å². The standard InChI is InChI=1S/C33H44N4O7/c1-7-19(2)30(33(41)34-18-28(40)37-14-8-9-15-37)36-25-13-11-22-23(17-26(25)39)24(35-20(3)38)12-10-21-16-27(42-4)31(43-5)32(44-6)29(21)22/h11,13,16-17,19,24,30H,7-10,12,14-15,18H2,1-6H3,(H,34,41)(H,35,38)(H,36,39)/t19-,24+,30+/m0/s1. The minimum atomic E-state index is -0.751. The number of benzene rings is 1. The van der Waals surface area contributed by atoms with Crippen LogP contribution in [0.25, 0.3) is 11.1 Å². The first kappa shape index (κ1) is 32.6. The number of anilines is 1. The van der Waals surface area contributed by atoms with E-state index in [9.17, 15) is 19.2 Å². The normalized spacial score (nSPS) is 16.9. The number of carbonyl (C=O) groups is 3. The summed E-state index contributed by atoms with van der Waals surface area (Å²) < 4.78 is 17.1. The SMILES string of the molecule is CC[C@H](C)[C@@H](Nc1ccc2c(cc1=O)[C@H](NC(C)=O)CCc1cc(OC)c(OC)c(OC)c1-2)C(=O)NCC(=O)N1CCCC1. The lowest BCUT2D eigenvalue weighted by Crippen LogP contribution is -2.47. The molecule has 3 amide bonds. The van der Waals surface area contributed by atoms with Crippen LogP contribution < -0.4 is 35.6 Å². The van der Waals surface area contributed by atoms with Crippen molar-refractivity contribution in [3.05, 3.63) is 45.6 Å². The van der Waals surface area contributed by atoms with E-state index < -0.39 is 12.1 Å². The van der Waals surface area contributed by atoms with Gasteiger partial charge in [0.15, 0.2) is 11.5 Å². The van der Waals surface area contributed by atoms with E-state index in [2.05, 4.69) is 16.0 Å². The lowest BCUT2D eigenvalue weighted by molar-refractivity contribution is -0.132. The molecule has 0 aromatic heterocycles. The summed E-state index contributed by atoms with van der Waals surface area (Å²) in [5.41, 5.74) is 2.88. The first-order valence-electron chi connectivity index (χ1n) is 15.2. The van der Waals surface area contributed by atoms with Crippen molar-refractivity contribution in [2.75, 3.05) is 46.3 Å². The molecule has 0 unspecified atom stereocenters. The molecule has 11 nitrogen and oxygen atoms in total. The van der Waals surface area contributed by atoms with E-state index in [4.69, 9.17) is 14.2 Å². The Labute approximate surface area is 258 Å². The second-order valence-corrected chi connectivity index (χ2v) is 11.4. The van der Waals surface area contributed by atoms with E-state index in [1.54, 1.807) is 25.2 Å². The van der Waals surface area contributed by atoms with Crippen molar-refractivity contribution in [1.82, 2.24) is 15.5 Å². The molecule has 1 aliphatic heterocycles. The minimum absolute atomic E-state index is 0.0885. The monoisotopic (exact) mass is 608 g/mol. The summed E-state index contributed by atoms with van der Waals surface area (Å²) in [6.07, 6.45) is 3.73. The fraction of sp³-hybridized carbons (Fsp3) is 0.515. The molecule has 1 saturated heterocycles. The Balaban J connectivity index is 1.77. The maximum Gasteiger partial charge on any atom is 0.243 e. The van der Waals surface area contributed by atoms with Crippen molar-refractivity contribution in [2.24, 2.45) is 5.92 Å². The zero-order valence-corrected chi connectivity index (χ0v) is 26.5. The highest BCUT2D eigenvalue weighted by Crippen LogP contribution is 2.50. The molecular formula is C33H44N4O7. The Bertz CT molecular complexity index is 1450. The average molecular weight is 609 g/mol. The van der Waals surface area contributed by atoms with Crippen molar-refractivity contribution >= 4 is 23.4 Å². The van der Waals surface area contributed by atoms with Crippen LogP contribution in [0.1, 0.15) is 63.6 Å². The number of nitrogens with zero attached hydrogens (tertiary/aromatic N) is 1. The molecule has 11 heteroatoms. The summed E-state index contributed by atoms with van der Waals surface area (Å²) in [4.78, 5) is 53.7. The smallest absolute Gasteiger partial charge is 0.243 e. The molecule has 44 heavy (non-hydrogen) atoms. The second kappa shape index (κ2) is 14.5. The fourth-order valence-electron chi connectivity index (χ4n) is 6.05. The largest absolute Gasteiger partial charge is 0.493 e. The number of fused-ring (bicyclic) bond motifs is 3. The predicted octanol–water partition coefficient (Wildman–Crippen LogP) is 3.43.